The van der Waals surface area contributed by atoms with E-state index in [2.05, 4.69) is 21.3 Å². The Labute approximate surface area is 250 Å². The number of anilines is 3. The lowest BCUT2D eigenvalue weighted by Crippen LogP contribution is -2.51. The Bertz CT molecular complexity index is 1600. The van der Waals surface area contributed by atoms with Crippen molar-refractivity contribution in [1.29, 1.82) is 0 Å². The van der Waals surface area contributed by atoms with Crippen LogP contribution >= 0.6 is 0 Å². The van der Waals surface area contributed by atoms with Crippen LogP contribution < -0.4 is 21.7 Å². The highest BCUT2D eigenvalue weighted by atomic mass is 19.1. The van der Waals surface area contributed by atoms with Crippen molar-refractivity contribution in [2.75, 3.05) is 30.0 Å². The minimum Gasteiger partial charge on any atom is -0.453 e. The van der Waals surface area contributed by atoms with Crippen LogP contribution in [0.3, 0.4) is 0 Å². The molecule has 2 heterocycles. The number of halogens is 1. The lowest BCUT2D eigenvalue weighted by atomic mass is 10.0. The fourth-order valence-corrected chi connectivity index (χ4v) is 5.58. The molecule has 1 aliphatic heterocycles. The van der Waals surface area contributed by atoms with Crippen molar-refractivity contribution in [3.8, 4) is 0 Å². The highest BCUT2D eigenvalue weighted by Crippen LogP contribution is 2.33. The van der Waals surface area contributed by atoms with Gasteiger partial charge >= 0.3 is 6.09 Å². The van der Waals surface area contributed by atoms with Crippen LogP contribution in [0.5, 0.6) is 0 Å². The minimum absolute atomic E-state index is 0.111. The first-order chi connectivity index (χ1) is 20.6. The van der Waals surface area contributed by atoms with E-state index in [1.165, 1.54) is 19.2 Å². The summed E-state index contributed by atoms with van der Waals surface area (Å²) in [6, 6.07) is 17.1. The smallest absolute Gasteiger partial charge is 0.407 e. The third-order valence-electron chi connectivity index (χ3n) is 7.90. The number of likely N-dealkylation sites (tertiary alicyclic amines) is 1. The van der Waals surface area contributed by atoms with Gasteiger partial charge in [-0.3, -0.25) is 4.79 Å². The Morgan fingerprint density at radius 3 is 2.44 bits per heavy atom. The number of amides is 2. The third kappa shape index (κ3) is 6.66. The van der Waals surface area contributed by atoms with E-state index in [1.807, 2.05) is 38.1 Å². The fourth-order valence-electron chi connectivity index (χ4n) is 5.58. The van der Waals surface area contributed by atoms with Crippen LogP contribution in [0, 0.1) is 11.7 Å². The molecular formula is C32H38FN7O3. The standard InChI is InChI=1S/C32H38FN7O3/c1-19(2)29(38-32(42)43-3)31(41)40-14-4-5-28(40)30-36-26-13-7-21(16-27(26)37-30)18-39(23-10-8-22(33)9-11-23)17-20-6-12-24(34)25(35)15-20/h6-13,15-16,19,28-29H,4-5,14,17-18,34-35H2,1-3H3,(H,36,37)(H,38,42)/t28-,29-/m0/s1. The molecule has 1 fully saturated rings. The molecule has 43 heavy (non-hydrogen) atoms. The minimum atomic E-state index is -0.696. The molecule has 3 aromatic carbocycles. The Balaban J connectivity index is 1.39. The van der Waals surface area contributed by atoms with Crippen LogP contribution in [-0.2, 0) is 22.6 Å². The molecule has 0 spiro atoms. The monoisotopic (exact) mass is 587 g/mol. The molecule has 226 valence electrons. The van der Waals surface area contributed by atoms with Gasteiger partial charge in [0.25, 0.3) is 0 Å². The zero-order valence-electron chi connectivity index (χ0n) is 24.6. The number of aromatic amines is 1. The topological polar surface area (TPSA) is 143 Å². The van der Waals surface area contributed by atoms with Crippen molar-refractivity contribution in [3.63, 3.8) is 0 Å². The van der Waals surface area contributed by atoms with Crippen molar-refractivity contribution in [2.45, 2.75) is 51.9 Å². The number of nitrogens with one attached hydrogen (secondary N) is 2. The number of methoxy groups -OCH3 is 1. The molecule has 5 rings (SSSR count). The largest absolute Gasteiger partial charge is 0.453 e. The average molecular weight is 588 g/mol. The number of nitrogen functional groups attached to an aromatic ring is 2. The Hall–Kier alpha value is -4.80. The van der Waals surface area contributed by atoms with Gasteiger partial charge < -0.3 is 36.3 Å². The molecule has 6 N–H and O–H groups in total. The number of benzene rings is 3. The summed E-state index contributed by atoms with van der Waals surface area (Å²) >= 11 is 0. The second-order valence-electron chi connectivity index (χ2n) is 11.3. The summed E-state index contributed by atoms with van der Waals surface area (Å²) in [6.45, 7) is 5.45. The molecule has 4 aromatic rings. The third-order valence-corrected chi connectivity index (χ3v) is 7.90. The molecule has 1 saturated heterocycles. The molecule has 1 aromatic heterocycles. The van der Waals surface area contributed by atoms with E-state index in [-0.39, 0.29) is 23.7 Å². The van der Waals surface area contributed by atoms with Crippen LogP contribution in [0.4, 0.5) is 26.2 Å². The quantitative estimate of drug-likeness (QED) is 0.199. The number of hydrogen-bond donors (Lipinski definition) is 4. The van der Waals surface area contributed by atoms with Gasteiger partial charge in [-0.1, -0.05) is 26.0 Å². The number of aromatic nitrogens is 2. The highest BCUT2D eigenvalue weighted by molar-refractivity contribution is 5.86. The number of carbonyl (C=O) groups excluding carboxylic acids is 2. The van der Waals surface area contributed by atoms with Crippen molar-refractivity contribution in [1.82, 2.24) is 20.2 Å². The van der Waals surface area contributed by atoms with E-state index in [4.69, 9.17) is 21.2 Å². The first-order valence-electron chi connectivity index (χ1n) is 14.4. The van der Waals surface area contributed by atoms with Gasteiger partial charge in [0.05, 0.1) is 35.6 Å². The van der Waals surface area contributed by atoms with E-state index in [1.54, 1.807) is 23.1 Å². The van der Waals surface area contributed by atoms with Gasteiger partial charge in [-0.2, -0.15) is 0 Å². The van der Waals surface area contributed by atoms with Gasteiger partial charge in [0.1, 0.15) is 17.7 Å². The maximum absolute atomic E-state index is 13.7. The fraction of sp³-hybridized carbons (Fsp3) is 0.344. The van der Waals surface area contributed by atoms with E-state index in [0.717, 1.165) is 40.7 Å². The highest BCUT2D eigenvalue weighted by Gasteiger charge is 2.37. The number of fused-ring (bicyclic) bond motifs is 1. The molecular weight excluding hydrogens is 549 g/mol. The van der Waals surface area contributed by atoms with Gasteiger partial charge in [0.2, 0.25) is 5.91 Å². The lowest BCUT2D eigenvalue weighted by Gasteiger charge is -2.29. The van der Waals surface area contributed by atoms with E-state index >= 15 is 0 Å². The number of hydrogen-bond acceptors (Lipinski definition) is 7. The number of carbonyl (C=O) groups is 2. The van der Waals surface area contributed by atoms with Crippen LogP contribution in [0.2, 0.25) is 0 Å². The molecule has 10 nitrogen and oxygen atoms in total. The summed E-state index contributed by atoms with van der Waals surface area (Å²) in [5.41, 5.74) is 17.5. The van der Waals surface area contributed by atoms with E-state index < -0.39 is 12.1 Å². The van der Waals surface area contributed by atoms with Crippen molar-refractivity contribution < 1.29 is 18.7 Å². The van der Waals surface area contributed by atoms with Crippen molar-refractivity contribution >= 4 is 40.1 Å². The lowest BCUT2D eigenvalue weighted by molar-refractivity contribution is -0.135. The average Bonchev–Trinajstić information content (AvgIpc) is 3.64. The number of rotatable bonds is 9. The van der Waals surface area contributed by atoms with Crippen molar-refractivity contribution in [3.05, 3.63) is 83.4 Å². The molecule has 0 radical (unpaired) electrons. The van der Waals surface area contributed by atoms with Gasteiger partial charge in [-0.15, -0.1) is 0 Å². The summed E-state index contributed by atoms with van der Waals surface area (Å²) in [4.78, 5) is 37.7. The second kappa shape index (κ2) is 12.6. The van der Waals surface area contributed by atoms with Gasteiger partial charge in [-0.25, -0.2) is 14.2 Å². The molecule has 0 unspecified atom stereocenters. The Morgan fingerprint density at radius 2 is 1.77 bits per heavy atom. The second-order valence-corrected chi connectivity index (χ2v) is 11.3. The zero-order valence-corrected chi connectivity index (χ0v) is 24.6. The summed E-state index contributed by atoms with van der Waals surface area (Å²) in [5.74, 6) is 0.153. The number of alkyl carbamates (subject to hydrolysis) is 1. The van der Waals surface area contributed by atoms with Crippen LogP contribution in [0.25, 0.3) is 11.0 Å². The molecule has 0 saturated carbocycles. The van der Waals surface area contributed by atoms with E-state index in [0.29, 0.717) is 36.8 Å². The first kappa shape index (κ1) is 29.7. The molecule has 0 bridgehead atoms. The molecule has 0 aliphatic carbocycles. The van der Waals surface area contributed by atoms with Gasteiger partial charge in [0, 0.05) is 25.3 Å². The summed E-state index contributed by atoms with van der Waals surface area (Å²) in [5, 5.41) is 2.69. The molecule has 2 amide bonds. The van der Waals surface area contributed by atoms with Crippen LogP contribution in [0.1, 0.15) is 49.7 Å². The normalized spacial score (nSPS) is 15.6. The molecule has 1 aliphatic rings. The Kier molecular flexibility index (Phi) is 8.70. The zero-order chi connectivity index (χ0) is 30.7. The molecule has 11 heteroatoms. The SMILES string of the molecule is COC(=O)N[C@H](C(=O)N1CCC[C@H]1c1nc2ccc(CN(Cc3ccc(N)c(N)c3)c3ccc(F)cc3)cc2[nH]1)C(C)C. The number of H-pyrrole nitrogens is 1. The summed E-state index contributed by atoms with van der Waals surface area (Å²) < 4.78 is 18.5. The maximum Gasteiger partial charge on any atom is 0.407 e. The van der Waals surface area contributed by atoms with Crippen LogP contribution in [-0.4, -0.2) is 46.6 Å². The Morgan fingerprint density at radius 1 is 1.07 bits per heavy atom. The number of ether oxygens (including phenoxy) is 1. The molecule has 2 atom stereocenters. The number of imidazole rings is 1. The van der Waals surface area contributed by atoms with Crippen LogP contribution in [0.15, 0.2) is 60.7 Å². The predicted molar refractivity (Wildman–Crippen MR) is 166 cm³/mol. The number of nitrogens with two attached hydrogens (primary N) is 2. The summed E-state index contributed by atoms with van der Waals surface area (Å²) in [6.07, 6.45) is 0.975. The summed E-state index contributed by atoms with van der Waals surface area (Å²) in [7, 11) is 1.28. The first-order valence-corrected chi connectivity index (χ1v) is 14.4. The maximum atomic E-state index is 13.7. The van der Waals surface area contributed by atoms with Gasteiger partial charge in [-0.05, 0) is 78.4 Å². The predicted octanol–water partition coefficient (Wildman–Crippen LogP) is 5.12. The van der Waals surface area contributed by atoms with Crippen molar-refractivity contribution in [2.24, 2.45) is 5.92 Å². The van der Waals surface area contributed by atoms with E-state index in [9.17, 15) is 14.0 Å². The van der Waals surface area contributed by atoms with Gasteiger partial charge in [0.15, 0.2) is 0 Å². The number of nitrogens with zero attached hydrogens (tertiary/aromatic N) is 3.